The second kappa shape index (κ2) is 10.7. The van der Waals surface area contributed by atoms with E-state index in [0.29, 0.717) is 22.7 Å². The van der Waals surface area contributed by atoms with Gasteiger partial charge in [0.1, 0.15) is 5.70 Å². The van der Waals surface area contributed by atoms with Crippen LogP contribution in [0.25, 0.3) is 0 Å². The molecule has 0 aliphatic heterocycles. The normalized spacial score (nSPS) is 11.7. The lowest BCUT2D eigenvalue weighted by Crippen LogP contribution is -2.29. The molecule has 0 aromatic heterocycles. The smallest absolute Gasteiger partial charge is 0.353 e. The number of carboxylic acid groups (broad SMARTS) is 1. The highest BCUT2D eigenvalue weighted by atomic mass is 32.2. The number of rotatable bonds is 8. The first-order valence-electron chi connectivity index (χ1n) is 10.5. The number of hydrogen-bond acceptors (Lipinski definition) is 8. The van der Waals surface area contributed by atoms with Crippen molar-refractivity contribution in [2.75, 3.05) is 28.4 Å². The summed E-state index contributed by atoms with van der Waals surface area (Å²) in [4.78, 5) is 24.4. The average Bonchev–Trinajstić information content (AvgIpc) is 2.74. The number of carbonyl (C=O) groups excluding carboxylic acids is 1. The Kier molecular flexibility index (Phi) is 8.46. The fourth-order valence-corrected chi connectivity index (χ4v) is 3.64. The molecule has 9 nitrogen and oxygen atoms in total. The van der Waals surface area contributed by atoms with Crippen molar-refractivity contribution in [1.29, 1.82) is 0 Å². The molecule has 0 saturated carbocycles. The number of benzene rings is 2. The second-order valence-electron chi connectivity index (χ2n) is 8.85. The molecule has 10 heteroatoms. The monoisotopic (exact) mass is 487 g/mol. The summed E-state index contributed by atoms with van der Waals surface area (Å²) in [7, 11) is 1.55. The van der Waals surface area contributed by atoms with Gasteiger partial charge >= 0.3 is 5.97 Å². The first kappa shape index (κ1) is 26.9. The van der Waals surface area contributed by atoms with E-state index in [1.807, 2.05) is 32.2 Å². The number of methoxy groups -OCH3 is 1. The quantitative estimate of drug-likeness (QED) is 0.161. The van der Waals surface area contributed by atoms with Crippen LogP contribution >= 0.6 is 11.9 Å². The number of carboxylic acids is 1. The maximum Gasteiger partial charge on any atom is 0.353 e. The third-order valence-electron chi connectivity index (χ3n) is 5.32. The highest BCUT2D eigenvalue weighted by molar-refractivity contribution is 7.99. The lowest BCUT2D eigenvalue weighted by Gasteiger charge is -2.24. The molecule has 0 heterocycles. The minimum absolute atomic E-state index is 0.162. The van der Waals surface area contributed by atoms with Gasteiger partial charge in [-0.05, 0) is 60.2 Å². The summed E-state index contributed by atoms with van der Waals surface area (Å²) in [5.41, 5.74) is 9.60. The number of amides is 1. The molecule has 0 radical (unpaired) electrons. The molecule has 0 unspecified atom stereocenters. The molecule has 7 N–H and O–H groups in total. The largest absolute Gasteiger partial charge is 0.492 e. The van der Waals surface area contributed by atoms with E-state index in [-0.39, 0.29) is 11.3 Å². The van der Waals surface area contributed by atoms with Gasteiger partial charge < -0.3 is 25.6 Å². The molecular formula is C24H33N5O4S. The fourth-order valence-electron chi connectivity index (χ4n) is 3.27. The number of carbonyl (C=O) groups is 2. The van der Waals surface area contributed by atoms with Crippen LogP contribution in [0, 0.1) is 13.8 Å². The van der Waals surface area contributed by atoms with Gasteiger partial charge in [-0.1, -0.05) is 32.7 Å². The van der Waals surface area contributed by atoms with Crippen LogP contribution in [0.4, 0.5) is 17.1 Å². The van der Waals surface area contributed by atoms with Crippen LogP contribution < -0.4 is 31.4 Å². The molecule has 2 aromatic carbocycles. The van der Waals surface area contributed by atoms with E-state index >= 15 is 0 Å². The van der Waals surface area contributed by atoms with Crippen molar-refractivity contribution in [3.63, 3.8) is 0 Å². The predicted molar refractivity (Wildman–Crippen MR) is 139 cm³/mol. The molecule has 184 valence electrons. The summed E-state index contributed by atoms with van der Waals surface area (Å²) in [6.45, 7) is 9.93. The molecule has 0 aliphatic carbocycles. The highest BCUT2D eigenvalue weighted by Gasteiger charge is 2.22. The van der Waals surface area contributed by atoms with Crippen molar-refractivity contribution in [1.82, 2.24) is 0 Å². The lowest BCUT2D eigenvalue weighted by molar-refractivity contribution is -0.132. The molecular weight excluding hydrogens is 454 g/mol. The molecule has 2 rings (SSSR count). The number of nitrogens with two attached hydrogens (primary N) is 2. The molecule has 0 spiro atoms. The third kappa shape index (κ3) is 6.15. The number of aliphatic carboxylic acids is 1. The number of anilines is 3. The van der Waals surface area contributed by atoms with Gasteiger partial charge in [0.15, 0.2) is 5.75 Å². The lowest BCUT2D eigenvalue weighted by atomic mass is 9.86. The van der Waals surface area contributed by atoms with E-state index in [0.717, 1.165) is 33.6 Å². The average molecular weight is 488 g/mol. The summed E-state index contributed by atoms with van der Waals surface area (Å²) in [5.74, 6) is 4.89. The van der Waals surface area contributed by atoms with Crippen LogP contribution in [-0.2, 0) is 10.2 Å². The van der Waals surface area contributed by atoms with E-state index in [2.05, 4.69) is 30.8 Å². The number of hydrogen-bond donors (Lipinski definition) is 5. The zero-order valence-corrected chi connectivity index (χ0v) is 21.4. The summed E-state index contributed by atoms with van der Waals surface area (Å²) in [6, 6.07) is 7.23. The van der Waals surface area contributed by atoms with E-state index in [4.69, 9.17) is 21.4 Å². The van der Waals surface area contributed by atoms with E-state index in [9.17, 15) is 9.59 Å². The van der Waals surface area contributed by atoms with Gasteiger partial charge in [-0.15, -0.1) is 0 Å². The SMILES string of the molecule is COc1c(NSC)cc(C(C)(C)C)cc1NC(=O)c1cc(C)c(C)c(N(N)/C=C(\N)C(=O)O)c1. The minimum atomic E-state index is -1.29. The van der Waals surface area contributed by atoms with Crippen molar-refractivity contribution in [3.8, 4) is 5.75 Å². The van der Waals surface area contributed by atoms with Crippen LogP contribution in [0.2, 0.25) is 0 Å². The Morgan fingerprint density at radius 1 is 1.15 bits per heavy atom. The standard InChI is InChI=1S/C24H33N5O4S/c1-13-8-15(9-20(14(13)2)29(26)12-17(25)23(31)32)22(30)27-18-10-16(24(3,4)5)11-19(28-34-7)21(18)33-6/h8-12,28H,25-26H2,1-7H3,(H,27,30)(H,31,32)/b17-12-. The van der Waals surface area contributed by atoms with Gasteiger partial charge in [-0.2, -0.15) is 0 Å². The molecule has 0 saturated heterocycles. The third-order valence-corrected chi connectivity index (χ3v) is 5.75. The highest BCUT2D eigenvalue weighted by Crippen LogP contribution is 2.39. The van der Waals surface area contributed by atoms with Crippen LogP contribution in [0.5, 0.6) is 5.75 Å². The van der Waals surface area contributed by atoms with Crippen molar-refractivity contribution < 1.29 is 19.4 Å². The molecule has 2 aromatic rings. The van der Waals surface area contributed by atoms with Gasteiger partial charge in [0.2, 0.25) is 0 Å². The Bertz CT molecular complexity index is 1130. The first-order valence-corrected chi connectivity index (χ1v) is 11.7. The van der Waals surface area contributed by atoms with Crippen molar-refractivity contribution in [2.24, 2.45) is 11.6 Å². The fraction of sp³-hybridized carbons (Fsp3) is 0.333. The number of nitrogens with zero attached hydrogens (tertiary/aromatic N) is 1. The van der Waals surface area contributed by atoms with Crippen LogP contribution in [-0.4, -0.2) is 30.3 Å². The van der Waals surface area contributed by atoms with Crippen molar-refractivity contribution in [3.05, 3.63) is 58.4 Å². The van der Waals surface area contributed by atoms with E-state index in [1.165, 1.54) is 11.9 Å². The maximum atomic E-state index is 13.3. The van der Waals surface area contributed by atoms with Gasteiger partial charge in [0.25, 0.3) is 5.91 Å². The predicted octanol–water partition coefficient (Wildman–Crippen LogP) is 4.12. The van der Waals surface area contributed by atoms with Gasteiger partial charge in [-0.3, -0.25) is 9.80 Å². The van der Waals surface area contributed by atoms with E-state index in [1.54, 1.807) is 19.2 Å². The van der Waals surface area contributed by atoms with Crippen LogP contribution in [0.3, 0.4) is 0 Å². The molecule has 0 aliphatic rings. The summed E-state index contributed by atoms with van der Waals surface area (Å²) < 4.78 is 8.82. The molecule has 0 fully saturated rings. The molecule has 34 heavy (non-hydrogen) atoms. The minimum Gasteiger partial charge on any atom is -0.492 e. The topological polar surface area (TPSA) is 143 Å². The molecule has 0 atom stereocenters. The Balaban J connectivity index is 2.53. The van der Waals surface area contributed by atoms with Gasteiger partial charge in [0.05, 0.1) is 30.4 Å². The number of aryl methyl sites for hydroxylation is 1. The maximum absolute atomic E-state index is 13.3. The summed E-state index contributed by atoms with van der Waals surface area (Å²) >= 11 is 1.42. The first-order chi connectivity index (χ1) is 15.8. The van der Waals surface area contributed by atoms with Crippen LogP contribution in [0.1, 0.15) is 47.8 Å². The van der Waals surface area contributed by atoms with Crippen molar-refractivity contribution in [2.45, 2.75) is 40.0 Å². The Morgan fingerprint density at radius 3 is 2.29 bits per heavy atom. The summed E-state index contributed by atoms with van der Waals surface area (Å²) in [6.07, 6.45) is 3.00. The van der Waals surface area contributed by atoms with E-state index < -0.39 is 11.7 Å². The van der Waals surface area contributed by atoms with Crippen LogP contribution in [0.15, 0.2) is 36.2 Å². The molecule has 1 amide bonds. The zero-order chi connectivity index (χ0) is 25.8. The number of ether oxygens (including phenoxy) is 1. The zero-order valence-electron chi connectivity index (χ0n) is 20.6. The number of nitrogens with one attached hydrogen (secondary N) is 2. The second-order valence-corrected chi connectivity index (χ2v) is 9.46. The van der Waals surface area contributed by atoms with Gasteiger partial charge in [0, 0.05) is 11.8 Å². The Hall–Kier alpha value is -3.37. The number of hydrazine groups is 1. The Labute approximate surface area is 204 Å². The Morgan fingerprint density at radius 2 is 1.76 bits per heavy atom. The molecule has 0 bridgehead atoms. The van der Waals surface area contributed by atoms with Gasteiger partial charge in [-0.25, -0.2) is 10.6 Å². The van der Waals surface area contributed by atoms with Crippen molar-refractivity contribution >= 4 is 40.9 Å². The summed E-state index contributed by atoms with van der Waals surface area (Å²) in [5, 5.41) is 13.1.